The van der Waals surface area contributed by atoms with Crippen molar-refractivity contribution in [1.29, 1.82) is 0 Å². The Bertz CT molecular complexity index is 539. The van der Waals surface area contributed by atoms with E-state index in [1.165, 1.54) is 7.11 Å². The number of nitrogens with zero attached hydrogens (tertiary/aromatic N) is 3. The smallest absolute Gasteiger partial charge is 0.250 e. The second kappa shape index (κ2) is 9.22. The van der Waals surface area contributed by atoms with E-state index in [1.54, 1.807) is 6.20 Å². The number of piperazine rings is 1. The minimum Gasteiger partial charge on any atom is -0.375 e. The molecule has 132 valence electrons. The molecule has 1 N–H and O–H groups in total. The van der Waals surface area contributed by atoms with Gasteiger partial charge in [-0.15, -0.1) is 0 Å². The first-order chi connectivity index (χ1) is 11.6. The fourth-order valence-corrected chi connectivity index (χ4v) is 2.65. The van der Waals surface area contributed by atoms with Crippen molar-refractivity contribution >= 4 is 23.3 Å². The topological polar surface area (TPSA) is 74.8 Å². The highest BCUT2D eigenvalue weighted by molar-refractivity contribution is 5.91. The lowest BCUT2D eigenvalue weighted by atomic mass is 10.2. The van der Waals surface area contributed by atoms with Crippen LogP contribution in [0, 0.1) is 0 Å². The standard InChI is InChI=1S/C17H26N4O3/c1-3-4-5-17(23)21-10-8-20(9-11-21)15-7-6-14(12-18-15)19-16(22)13-24-2/h6-7,12H,3-5,8-11,13H2,1-2H3,(H,19,22). The number of hydrogen-bond acceptors (Lipinski definition) is 5. The van der Waals surface area contributed by atoms with Gasteiger partial charge in [-0.3, -0.25) is 9.59 Å². The molecule has 0 unspecified atom stereocenters. The van der Waals surface area contributed by atoms with Crippen LogP contribution in [0.25, 0.3) is 0 Å². The highest BCUT2D eigenvalue weighted by atomic mass is 16.5. The molecule has 7 heteroatoms. The van der Waals surface area contributed by atoms with E-state index in [4.69, 9.17) is 4.74 Å². The van der Waals surface area contributed by atoms with Crippen molar-refractivity contribution in [2.24, 2.45) is 0 Å². The third-order valence-corrected chi connectivity index (χ3v) is 4.01. The summed E-state index contributed by atoms with van der Waals surface area (Å²) in [7, 11) is 1.48. The predicted molar refractivity (Wildman–Crippen MR) is 93.1 cm³/mol. The van der Waals surface area contributed by atoms with E-state index >= 15 is 0 Å². The van der Waals surface area contributed by atoms with E-state index in [2.05, 4.69) is 22.1 Å². The van der Waals surface area contributed by atoms with Gasteiger partial charge in [0.25, 0.3) is 0 Å². The van der Waals surface area contributed by atoms with Gasteiger partial charge in [-0.1, -0.05) is 13.3 Å². The van der Waals surface area contributed by atoms with Crippen molar-refractivity contribution < 1.29 is 14.3 Å². The van der Waals surface area contributed by atoms with Gasteiger partial charge >= 0.3 is 0 Å². The van der Waals surface area contributed by atoms with Gasteiger partial charge in [-0.25, -0.2) is 4.98 Å². The average Bonchev–Trinajstić information content (AvgIpc) is 2.60. The molecule has 1 aromatic rings. The number of aromatic nitrogens is 1. The molecule has 2 amide bonds. The molecule has 1 fully saturated rings. The number of pyridine rings is 1. The summed E-state index contributed by atoms with van der Waals surface area (Å²) in [6, 6.07) is 3.71. The second-order valence-corrected chi connectivity index (χ2v) is 5.86. The van der Waals surface area contributed by atoms with Crippen molar-refractivity contribution in [3.8, 4) is 0 Å². The Morgan fingerprint density at radius 2 is 2.00 bits per heavy atom. The largest absolute Gasteiger partial charge is 0.375 e. The summed E-state index contributed by atoms with van der Waals surface area (Å²) < 4.78 is 4.78. The van der Waals surface area contributed by atoms with Crippen LogP contribution in [0.1, 0.15) is 26.2 Å². The number of unbranched alkanes of at least 4 members (excludes halogenated alkanes) is 1. The van der Waals surface area contributed by atoms with Crippen molar-refractivity contribution in [3.05, 3.63) is 18.3 Å². The van der Waals surface area contributed by atoms with Crippen molar-refractivity contribution in [1.82, 2.24) is 9.88 Å². The Balaban J connectivity index is 1.83. The maximum absolute atomic E-state index is 12.0. The number of carbonyl (C=O) groups excluding carboxylic acids is 2. The lowest BCUT2D eigenvalue weighted by Crippen LogP contribution is -2.49. The van der Waals surface area contributed by atoms with Crippen LogP contribution >= 0.6 is 0 Å². The Morgan fingerprint density at radius 3 is 2.58 bits per heavy atom. The zero-order chi connectivity index (χ0) is 17.4. The van der Waals surface area contributed by atoms with E-state index in [0.29, 0.717) is 12.1 Å². The van der Waals surface area contributed by atoms with E-state index < -0.39 is 0 Å². The van der Waals surface area contributed by atoms with Crippen molar-refractivity contribution in [3.63, 3.8) is 0 Å². The van der Waals surface area contributed by atoms with Gasteiger partial charge in [0.15, 0.2) is 0 Å². The molecule has 0 spiro atoms. The fourth-order valence-electron chi connectivity index (χ4n) is 2.65. The molecule has 1 aliphatic heterocycles. The van der Waals surface area contributed by atoms with E-state index in [1.807, 2.05) is 17.0 Å². The highest BCUT2D eigenvalue weighted by Crippen LogP contribution is 2.16. The number of amides is 2. The zero-order valence-corrected chi connectivity index (χ0v) is 14.5. The summed E-state index contributed by atoms with van der Waals surface area (Å²) in [6.45, 7) is 5.14. The van der Waals surface area contributed by atoms with Gasteiger partial charge in [0, 0.05) is 39.7 Å². The fraction of sp³-hybridized carbons (Fsp3) is 0.588. The van der Waals surface area contributed by atoms with Crippen LogP contribution < -0.4 is 10.2 Å². The molecule has 7 nitrogen and oxygen atoms in total. The van der Waals surface area contributed by atoms with Gasteiger partial charge in [0.1, 0.15) is 12.4 Å². The number of methoxy groups -OCH3 is 1. The number of rotatable bonds is 7. The maximum Gasteiger partial charge on any atom is 0.250 e. The van der Waals surface area contributed by atoms with Gasteiger partial charge in [-0.2, -0.15) is 0 Å². The monoisotopic (exact) mass is 334 g/mol. The third kappa shape index (κ3) is 5.19. The minimum absolute atomic E-state index is 0.0236. The zero-order valence-electron chi connectivity index (χ0n) is 14.5. The van der Waals surface area contributed by atoms with E-state index in [9.17, 15) is 9.59 Å². The summed E-state index contributed by atoms with van der Waals surface area (Å²) in [4.78, 5) is 32.0. The Hall–Kier alpha value is -2.15. The number of carbonyl (C=O) groups is 2. The van der Waals surface area contributed by atoms with Crippen LogP contribution in [0.3, 0.4) is 0 Å². The molecule has 0 bridgehead atoms. The van der Waals surface area contributed by atoms with Crippen LogP contribution in [0.15, 0.2) is 18.3 Å². The Kier molecular flexibility index (Phi) is 6.99. The first kappa shape index (κ1) is 18.2. The lowest BCUT2D eigenvalue weighted by molar-refractivity contribution is -0.131. The van der Waals surface area contributed by atoms with Crippen LogP contribution in [0.5, 0.6) is 0 Å². The molecule has 0 aromatic carbocycles. The van der Waals surface area contributed by atoms with Crippen LogP contribution in [-0.2, 0) is 14.3 Å². The first-order valence-corrected chi connectivity index (χ1v) is 8.41. The van der Waals surface area contributed by atoms with Gasteiger partial charge in [-0.05, 0) is 18.6 Å². The normalized spacial score (nSPS) is 14.6. The maximum atomic E-state index is 12.0. The Morgan fingerprint density at radius 1 is 1.25 bits per heavy atom. The molecule has 0 saturated carbocycles. The predicted octanol–water partition coefficient (Wildman–Crippen LogP) is 1.51. The SMILES string of the molecule is CCCCC(=O)N1CCN(c2ccc(NC(=O)COC)cn2)CC1. The summed E-state index contributed by atoms with van der Waals surface area (Å²) in [5.74, 6) is 0.910. The second-order valence-electron chi connectivity index (χ2n) is 5.86. The number of nitrogens with one attached hydrogen (secondary N) is 1. The molecule has 2 rings (SSSR count). The van der Waals surface area contributed by atoms with E-state index in [0.717, 1.165) is 44.8 Å². The molecule has 0 atom stereocenters. The highest BCUT2D eigenvalue weighted by Gasteiger charge is 2.21. The minimum atomic E-state index is -0.203. The van der Waals surface area contributed by atoms with Gasteiger partial charge in [0.05, 0.1) is 11.9 Å². The van der Waals surface area contributed by atoms with Crippen LogP contribution in [0.4, 0.5) is 11.5 Å². The van der Waals surface area contributed by atoms with Crippen molar-refractivity contribution in [2.45, 2.75) is 26.2 Å². The summed E-state index contributed by atoms with van der Waals surface area (Å²) in [5.41, 5.74) is 0.647. The number of hydrogen-bond donors (Lipinski definition) is 1. The van der Waals surface area contributed by atoms with Crippen LogP contribution in [-0.4, -0.2) is 61.6 Å². The number of anilines is 2. The number of ether oxygens (including phenoxy) is 1. The quantitative estimate of drug-likeness (QED) is 0.818. The summed E-state index contributed by atoms with van der Waals surface area (Å²) >= 11 is 0. The summed E-state index contributed by atoms with van der Waals surface area (Å²) in [6.07, 6.45) is 4.28. The average molecular weight is 334 g/mol. The molecule has 0 aliphatic carbocycles. The van der Waals surface area contributed by atoms with Gasteiger partial charge < -0.3 is 19.9 Å². The Labute approximate surface area is 143 Å². The first-order valence-electron chi connectivity index (χ1n) is 8.41. The molecule has 2 heterocycles. The molecule has 1 aromatic heterocycles. The molecular weight excluding hydrogens is 308 g/mol. The molecular formula is C17H26N4O3. The van der Waals surface area contributed by atoms with E-state index in [-0.39, 0.29) is 18.4 Å². The third-order valence-electron chi connectivity index (χ3n) is 4.01. The molecule has 24 heavy (non-hydrogen) atoms. The summed E-state index contributed by atoms with van der Waals surface area (Å²) in [5, 5.41) is 2.72. The molecule has 1 saturated heterocycles. The lowest BCUT2D eigenvalue weighted by Gasteiger charge is -2.35. The molecule has 1 aliphatic rings. The van der Waals surface area contributed by atoms with Crippen molar-refractivity contribution in [2.75, 3.05) is 50.1 Å². The molecule has 0 radical (unpaired) electrons. The van der Waals surface area contributed by atoms with Crippen LogP contribution in [0.2, 0.25) is 0 Å². The van der Waals surface area contributed by atoms with Gasteiger partial charge in [0.2, 0.25) is 11.8 Å².